The Labute approximate surface area is 237 Å². The summed E-state index contributed by atoms with van der Waals surface area (Å²) in [6.07, 6.45) is 2.70. The van der Waals surface area contributed by atoms with Gasteiger partial charge in [0.15, 0.2) is 0 Å². The van der Waals surface area contributed by atoms with Gasteiger partial charge < -0.3 is 29.9 Å². The van der Waals surface area contributed by atoms with Gasteiger partial charge in [-0.1, -0.05) is 25.7 Å². The highest BCUT2D eigenvalue weighted by atomic mass is 19.4. The summed E-state index contributed by atoms with van der Waals surface area (Å²) in [4.78, 5) is 36.9. The van der Waals surface area contributed by atoms with Gasteiger partial charge in [0, 0.05) is 51.6 Å². The quantitative estimate of drug-likeness (QED) is 0.374. The molecule has 2 aromatic rings. The van der Waals surface area contributed by atoms with E-state index in [9.17, 15) is 22.8 Å². The monoisotopic (exact) mass is 578 g/mol. The minimum absolute atomic E-state index is 0.0296. The largest absolute Gasteiger partial charge is 0.495 e. The Hall–Kier alpha value is -3.61. The molecule has 2 aliphatic rings. The van der Waals surface area contributed by atoms with Gasteiger partial charge in [-0.2, -0.15) is 18.2 Å². The Morgan fingerprint density at radius 3 is 2.44 bits per heavy atom. The summed E-state index contributed by atoms with van der Waals surface area (Å²) in [6, 6.07) is 4.73. The van der Waals surface area contributed by atoms with Crippen molar-refractivity contribution in [3.8, 4) is 5.75 Å². The molecule has 41 heavy (non-hydrogen) atoms. The number of hydrogen-bond acceptors (Lipinski definition) is 8. The van der Waals surface area contributed by atoms with Crippen molar-refractivity contribution >= 4 is 29.3 Å². The first kappa shape index (κ1) is 30.4. The van der Waals surface area contributed by atoms with Crippen molar-refractivity contribution in [1.29, 1.82) is 0 Å². The van der Waals surface area contributed by atoms with Crippen molar-refractivity contribution in [2.75, 3.05) is 64.2 Å². The zero-order valence-corrected chi connectivity index (χ0v) is 23.4. The lowest BCUT2D eigenvalue weighted by Crippen LogP contribution is -2.50. The lowest BCUT2D eigenvalue weighted by Gasteiger charge is -2.35. The van der Waals surface area contributed by atoms with Crippen molar-refractivity contribution in [2.45, 2.75) is 44.7 Å². The highest BCUT2D eigenvalue weighted by Crippen LogP contribution is 2.35. The van der Waals surface area contributed by atoms with Gasteiger partial charge in [-0.3, -0.25) is 9.59 Å². The molecular formula is C28H37F3N6O4. The van der Waals surface area contributed by atoms with Crippen LogP contribution in [-0.2, 0) is 15.7 Å². The molecule has 2 fully saturated rings. The fraction of sp³-hybridized carbons (Fsp3) is 0.571. The zero-order chi connectivity index (χ0) is 29.4. The lowest BCUT2D eigenvalue weighted by molar-refractivity contribution is -0.137. The number of anilines is 3. The number of amides is 2. The third kappa shape index (κ3) is 7.99. The summed E-state index contributed by atoms with van der Waals surface area (Å²) in [5.74, 6) is 0.447. The van der Waals surface area contributed by atoms with Crippen LogP contribution in [0.15, 0.2) is 24.4 Å². The van der Waals surface area contributed by atoms with Crippen LogP contribution in [0, 0.1) is 5.92 Å². The van der Waals surface area contributed by atoms with E-state index in [1.165, 1.54) is 39.8 Å². The van der Waals surface area contributed by atoms with Crippen LogP contribution >= 0.6 is 0 Å². The fourth-order valence-corrected chi connectivity index (χ4v) is 5.20. The summed E-state index contributed by atoms with van der Waals surface area (Å²) in [5, 5.41) is 5.27. The first-order valence-corrected chi connectivity index (χ1v) is 13.9. The van der Waals surface area contributed by atoms with Gasteiger partial charge in [-0.05, 0) is 30.5 Å². The molecule has 0 spiro atoms. The molecule has 1 saturated carbocycles. The molecule has 1 saturated heterocycles. The van der Waals surface area contributed by atoms with Gasteiger partial charge >= 0.3 is 6.18 Å². The molecule has 4 rings (SSSR count). The van der Waals surface area contributed by atoms with Gasteiger partial charge in [0.2, 0.25) is 11.9 Å². The summed E-state index contributed by atoms with van der Waals surface area (Å²) in [6.45, 7) is 2.82. The number of halogens is 3. The molecule has 1 aliphatic carbocycles. The summed E-state index contributed by atoms with van der Waals surface area (Å²) < 4.78 is 50.5. The molecule has 0 unspecified atom stereocenters. The molecule has 10 nitrogen and oxygen atoms in total. The van der Waals surface area contributed by atoms with E-state index in [1.807, 2.05) is 0 Å². The van der Waals surface area contributed by atoms with Crippen LogP contribution in [0.1, 0.15) is 54.4 Å². The number of ether oxygens (including phenoxy) is 2. The van der Waals surface area contributed by atoms with Gasteiger partial charge in [-0.25, -0.2) is 4.98 Å². The van der Waals surface area contributed by atoms with Gasteiger partial charge in [-0.15, -0.1) is 0 Å². The Balaban J connectivity index is 1.28. The molecule has 0 bridgehead atoms. The van der Waals surface area contributed by atoms with Crippen molar-refractivity contribution < 1.29 is 32.2 Å². The van der Waals surface area contributed by atoms with E-state index in [4.69, 9.17) is 9.47 Å². The molecule has 224 valence electrons. The smallest absolute Gasteiger partial charge is 0.421 e. The minimum atomic E-state index is -4.60. The topological polar surface area (TPSA) is 109 Å². The van der Waals surface area contributed by atoms with Crippen LogP contribution in [0.25, 0.3) is 0 Å². The third-order valence-electron chi connectivity index (χ3n) is 7.55. The second-order valence-corrected chi connectivity index (χ2v) is 10.2. The SMILES string of the molecule is CNc1nc(Nc2ccc(C(=O)N3CCN(C(=O)CCOCCC4CCCC4)CC3)cc2OC)ncc1C(F)(F)F. The Kier molecular flexibility index (Phi) is 10.2. The predicted octanol–water partition coefficient (Wildman–Crippen LogP) is 4.56. The number of benzene rings is 1. The van der Waals surface area contributed by atoms with E-state index in [-0.39, 0.29) is 23.6 Å². The van der Waals surface area contributed by atoms with Crippen molar-refractivity contribution in [3.63, 3.8) is 0 Å². The van der Waals surface area contributed by atoms with Gasteiger partial charge in [0.25, 0.3) is 5.91 Å². The normalized spacial score (nSPS) is 16.1. The van der Waals surface area contributed by atoms with E-state index < -0.39 is 11.7 Å². The highest BCUT2D eigenvalue weighted by Gasteiger charge is 2.35. The maximum absolute atomic E-state index is 13.2. The molecule has 2 N–H and O–H groups in total. The van der Waals surface area contributed by atoms with Gasteiger partial charge in [0.05, 0.1) is 25.8 Å². The number of carbonyl (C=O) groups excluding carboxylic acids is 2. The summed E-state index contributed by atoms with van der Waals surface area (Å²) >= 11 is 0. The van der Waals surface area contributed by atoms with Crippen molar-refractivity contribution in [2.24, 2.45) is 5.92 Å². The first-order chi connectivity index (χ1) is 19.7. The first-order valence-electron chi connectivity index (χ1n) is 13.9. The second-order valence-electron chi connectivity index (χ2n) is 10.2. The number of alkyl halides is 3. The van der Waals surface area contributed by atoms with Crippen LogP contribution in [0.4, 0.5) is 30.6 Å². The van der Waals surface area contributed by atoms with Crippen LogP contribution in [0.3, 0.4) is 0 Å². The van der Waals surface area contributed by atoms with E-state index in [1.54, 1.807) is 28.0 Å². The molecule has 0 radical (unpaired) electrons. The summed E-state index contributed by atoms with van der Waals surface area (Å²) in [5.41, 5.74) is -0.220. The maximum atomic E-state index is 13.2. The van der Waals surface area contributed by atoms with E-state index in [0.29, 0.717) is 69.0 Å². The van der Waals surface area contributed by atoms with Crippen LogP contribution < -0.4 is 15.4 Å². The molecule has 1 aromatic carbocycles. The average Bonchev–Trinajstić information content (AvgIpc) is 3.50. The molecule has 2 amide bonds. The van der Waals surface area contributed by atoms with Crippen molar-refractivity contribution in [1.82, 2.24) is 19.8 Å². The van der Waals surface area contributed by atoms with E-state index in [0.717, 1.165) is 12.3 Å². The molecule has 1 aliphatic heterocycles. The Bertz CT molecular complexity index is 1200. The number of nitrogens with zero attached hydrogens (tertiary/aromatic N) is 4. The number of piperazine rings is 1. The number of methoxy groups -OCH3 is 1. The number of rotatable bonds is 11. The Morgan fingerprint density at radius 1 is 1.07 bits per heavy atom. The highest BCUT2D eigenvalue weighted by molar-refractivity contribution is 5.95. The molecule has 1 aromatic heterocycles. The number of carbonyl (C=O) groups is 2. The number of hydrogen-bond donors (Lipinski definition) is 2. The minimum Gasteiger partial charge on any atom is -0.495 e. The lowest BCUT2D eigenvalue weighted by atomic mass is 10.1. The second kappa shape index (κ2) is 13.8. The standard InChI is InChI=1S/C28H37F3N6O4/c1-32-25-21(28(29,30)31)18-33-27(35-25)34-22-8-7-20(17-23(22)40-2)26(39)37-13-11-36(12-14-37)24(38)10-16-41-15-9-19-5-3-4-6-19/h7-8,17-19H,3-6,9-16H2,1-2H3,(H2,32,33,34,35). The van der Waals surface area contributed by atoms with Gasteiger partial charge in [0.1, 0.15) is 17.1 Å². The summed E-state index contributed by atoms with van der Waals surface area (Å²) in [7, 11) is 2.76. The van der Waals surface area contributed by atoms with Crippen molar-refractivity contribution in [3.05, 3.63) is 35.5 Å². The Morgan fingerprint density at radius 2 is 1.78 bits per heavy atom. The average molecular weight is 579 g/mol. The van der Waals surface area contributed by atoms with Crippen LogP contribution in [0.5, 0.6) is 5.75 Å². The van der Waals surface area contributed by atoms with E-state index >= 15 is 0 Å². The van der Waals surface area contributed by atoms with E-state index in [2.05, 4.69) is 20.6 Å². The molecule has 0 atom stereocenters. The molecular weight excluding hydrogens is 541 g/mol. The maximum Gasteiger partial charge on any atom is 0.421 e. The molecule has 13 heteroatoms. The van der Waals surface area contributed by atoms with Crippen LogP contribution in [0.2, 0.25) is 0 Å². The third-order valence-corrected chi connectivity index (χ3v) is 7.55. The zero-order valence-electron chi connectivity index (χ0n) is 23.4. The molecule has 2 heterocycles. The fourth-order valence-electron chi connectivity index (χ4n) is 5.20. The number of aromatic nitrogens is 2. The predicted molar refractivity (Wildman–Crippen MR) is 147 cm³/mol. The number of nitrogens with one attached hydrogen (secondary N) is 2. The van der Waals surface area contributed by atoms with Crippen LogP contribution in [-0.4, -0.2) is 85.1 Å².